The lowest BCUT2D eigenvalue weighted by atomic mass is 9.92. The van der Waals surface area contributed by atoms with E-state index in [1.54, 1.807) is 11.0 Å². The molecule has 1 aliphatic rings. The highest BCUT2D eigenvalue weighted by Crippen LogP contribution is 2.23. The fourth-order valence-corrected chi connectivity index (χ4v) is 3.06. The van der Waals surface area contributed by atoms with Crippen LogP contribution in [0, 0.1) is 5.92 Å². The molecule has 1 amide bonds. The lowest BCUT2D eigenvalue weighted by Gasteiger charge is -2.32. The molecule has 0 saturated carbocycles. The number of rotatable bonds is 3. The molecule has 1 saturated heterocycles. The molecule has 23 heavy (non-hydrogen) atoms. The van der Waals surface area contributed by atoms with E-state index in [2.05, 4.69) is 0 Å². The number of amides is 1. The largest absolute Gasteiger partial charge is 0.506 e. The number of ketones is 1. The maximum Gasteiger partial charge on any atom is 0.410 e. The highest BCUT2D eigenvalue weighted by molar-refractivity contribution is 7.11. The molecule has 1 N–H and O–H groups in total. The van der Waals surface area contributed by atoms with Gasteiger partial charge in [-0.25, -0.2) is 4.79 Å². The summed E-state index contributed by atoms with van der Waals surface area (Å²) < 4.78 is 5.34. The van der Waals surface area contributed by atoms with Gasteiger partial charge in [-0.1, -0.05) is 6.07 Å². The molecule has 1 aromatic heterocycles. The average Bonchev–Trinajstić information content (AvgIpc) is 3.00. The Morgan fingerprint density at radius 1 is 1.35 bits per heavy atom. The third kappa shape index (κ3) is 5.10. The molecule has 5 nitrogen and oxygen atoms in total. The van der Waals surface area contributed by atoms with Gasteiger partial charge < -0.3 is 14.7 Å². The lowest BCUT2D eigenvalue weighted by molar-refractivity contribution is -0.119. The third-order valence-electron chi connectivity index (χ3n) is 3.60. The van der Waals surface area contributed by atoms with Gasteiger partial charge in [0, 0.05) is 25.1 Å². The number of aliphatic hydroxyl groups is 1. The van der Waals surface area contributed by atoms with Gasteiger partial charge in [0.15, 0.2) is 5.78 Å². The standard InChI is InChI=1S/C17H23NO4S/c1-17(2,3)22-16(21)18-8-6-12(7-9-18)13(19)11-14(20)15-5-4-10-23-15/h4-5,10-12,20H,6-9H2,1-3H3/b14-11-. The van der Waals surface area contributed by atoms with Crippen LogP contribution < -0.4 is 0 Å². The minimum atomic E-state index is -0.515. The molecule has 126 valence electrons. The van der Waals surface area contributed by atoms with Crippen LogP contribution in [0.1, 0.15) is 38.5 Å². The van der Waals surface area contributed by atoms with Crippen molar-refractivity contribution in [2.75, 3.05) is 13.1 Å². The van der Waals surface area contributed by atoms with Gasteiger partial charge in [-0.3, -0.25) is 4.79 Å². The molecule has 0 aromatic carbocycles. The van der Waals surface area contributed by atoms with Gasteiger partial charge in [0.05, 0.1) is 4.88 Å². The van der Waals surface area contributed by atoms with E-state index in [4.69, 9.17) is 4.74 Å². The first-order valence-electron chi connectivity index (χ1n) is 7.72. The minimum absolute atomic E-state index is 0.0135. The van der Waals surface area contributed by atoms with Crippen molar-refractivity contribution in [2.45, 2.75) is 39.2 Å². The van der Waals surface area contributed by atoms with Crippen molar-refractivity contribution in [1.29, 1.82) is 0 Å². The highest BCUT2D eigenvalue weighted by atomic mass is 32.1. The Balaban J connectivity index is 1.88. The second kappa shape index (κ2) is 7.17. The number of carbonyl (C=O) groups excluding carboxylic acids is 2. The molecule has 0 bridgehead atoms. The molecule has 0 spiro atoms. The van der Waals surface area contributed by atoms with E-state index in [9.17, 15) is 14.7 Å². The van der Waals surface area contributed by atoms with E-state index in [0.29, 0.717) is 30.8 Å². The average molecular weight is 337 g/mol. The zero-order valence-electron chi connectivity index (χ0n) is 13.7. The van der Waals surface area contributed by atoms with Crippen molar-refractivity contribution in [3.63, 3.8) is 0 Å². The smallest absolute Gasteiger partial charge is 0.410 e. The second-order valence-corrected chi connectivity index (χ2v) is 7.60. The summed E-state index contributed by atoms with van der Waals surface area (Å²) in [7, 11) is 0. The van der Waals surface area contributed by atoms with Crippen molar-refractivity contribution in [1.82, 2.24) is 4.90 Å². The van der Waals surface area contributed by atoms with Gasteiger partial charge in [0.2, 0.25) is 0 Å². The Labute approximate surface area is 140 Å². The Hall–Kier alpha value is -1.82. The first kappa shape index (κ1) is 17.5. The number of ether oxygens (including phenoxy) is 1. The van der Waals surface area contributed by atoms with E-state index in [1.165, 1.54) is 17.4 Å². The fraction of sp³-hybridized carbons (Fsp3) is 0.529. The van der Waals surface area contributed by atoms with Gasteiger partial charge in [-0.05, 0) is 45.1 Å². The number of allylic oxidation sites excluding steroid dienone is 1. The van der Waals surface area contributed by atoms with Gasteiger partial charge in [0.1, 0.15) is 11.4 Å². The van der Waals surface area contributed by atoms with Gasteiger partial charge in [-0.2, -0.15) is 0 Å². The number of piperidine rings is 1. The summed E-state index contributed by atoms with van der Waals surface area (Å²) in [6, 6.07) is 3.60. The summed E-state index contributed by atoms with van der Waals surface area (Å²) in [6.07, 6.45) is 2.15. The molecule has 6 heteroatoms. The lowest BCUT2D eigenvalue weighted by Crippen LogP contribution is -2.42. The topological polar surface area (TPSA) is 66.8 Å². The maximum absolute atomic E-state index is 12.2. The number of thiophene rings is 1. The van der Waals surface area contributed by atoms with Crippen molar-refractivity contribution in [3.05, 3.63) is 28.5 Å². The molecule has 0 aliphatic carbocycles. The van der Waals surface area contributed by atoms with Crippen LogP contribution in [0.25, 0.3) is 5.76 Å². The fourth-order valence-electron chi connectivity index (χ4n) is 2.42. The van der Waals surface area contributed by atoms with Gasteiger partial charge >= 0.3 is 6.09 Å². The molecule has 1 aromatic rings. The van der Waals surface area contributed by atoms with Crippen molar-refractivity contribution in [2.24, 2.45) is 5.92 Å². The molecule has 0 atom stereocenters. The number of likely N-dealkylation sites (tertiary alicyclic amines) is 1. The molecular formula is C17H23NO4S. The maximum atomic E-state index is 12.2. The number of nitrogens with zero attached hydrogens (tertiary/aromatic N) is 1. The van der Waals surface area contributed by atoms with Crippen LogP contribution in [0.15, 0.2) is 23.6 Å². The van der Waals surface area contributed by atoms with Gasteiger partial charge in [-0.15, -0.1) is 11.3 Å². The van der Waals surface area contributed by atoms with Crippen molar-refractivity contribution < 1.29 is 19.4 Å². The quantitative estimate of drug-likeness (QED) is 0.672. The zero-order chi connectivity index (χ0) is 17.0. The Bertz CT molecular complexity index is 578. The summed E-state index contributed by atoms with van der Waals surface area (Å²) in [4.78, 5) is 26.6. The Kier molecular flexibility index (Phi) is 5.46. The zero-order valence-corrected chi connectivity index (χ0v) is 14.6. The molecule has 2 rings (SSSR count). The van der Waals surface area contributed by atoms with Crippen molar-refractivity contribution >= 4 is 29.0 Å². The van der Waals surface area contributed by atoms with Crippen LogP contribution in [0.5, 0.6) is 0 Å². The van der Waals surface area contributed by atoms with E-state index in [1.807, 2.05) is 32.2 Å². The van der Waals surface area contributed by atoms with Crippen LogP contribution in [-0.2, 0) is 9.53 Å². The van der Waals surface area contributed by atoms with E-state index >= 15 is 0 Å². The van der Waals surface area contributed by atoms with Crippen molar-refractivity contribution in [3.8, 4) is 0 Å². The predicted octanol–water partition coefficient (Wildman–Crippen LogP) is 3.86. The molecule has 1 fully saturated rings. The SMILES string of the molecule is CC(C)(C)OC(=O)N1CCC(C(=O)/C=C(\O)c2cccs2)CC1. The van der Waals surface area contributed by atoms with Crippen LogP contribution in [0.2, 0.25) is 0 Å². The first-order chi connectivity index (χ1) is 10.8. The number of hydrogen-bond acceptors (Lipinski definition) is 5. The number of hydrogen-bond donors (Lipinski definition) is 1. The molecular weight excluding hydrogens is 314 g/mol. The third-order valence-corrected chi connectivity index (χ3v) is 4.49. The molecule has 0 radical (unpaired) electrons. The Morgan fingerprint density at radius 2 is 2.00 bits per heavy atom. The second-order valence-electron chi connectivity index (χ2n) is 6.65. The summed E-state index contributed by atoms with van der Waals surface area (Å²) in [5.41, 5.74) is -0.515. The summed E-state index contributed by atoms with van der Waals surface area (Å²) in [5, 5.41) is 11.8. The molecule has 2 heterocycles. The predicted molar refractivity (Wildman–Crippen MR) is 90.5 cm³/mol. The van der Waals surface area contributed by atoms with E-state index < -0.39 is 5.60 Å². The normalized spacial score (nSPS) is 17.2. The first-order valence-corrected chi connectivity index (χ1v) is 8.60. The monoisotopic (exact) mass is 337 g/mol. The summed E-state index contributed by atoms with van der Waals surface area (Å²) in [6.45, 7) is 6.50. The summed E-state index contributed by atoms with van der Waals surface area (Å²) in [5.74, 6) is -0.227. The Morgan fingerprint density at radius 3 is 2.52 bits per heavy atom. The van der Waals surface area contributed by atoms with Crippen LogP contribution >= 0.6 is 11.3 Å². The van der Waals surface area contributed by atoms with Crippen LogP contribution in [0.3, 0.4) is 0 Å². The van der Waals surface area contributed by atoms with E-state index in [0.717, 1.165) is 0 Å². The van der Waals surface area contributed by atoms with Gasteiger partial charge in [0.25, 0.3) is 0 Å². The minimum Gasteiger partial charge on any atom is -0.506 e. The molecule has 0 unspecified atom stereocenters. The van der Waals surface area contributed by atoms with Crippen LogP contribution in [-0.4, -0.2) is 40.6 Å². The molecule has 1 aliphatic heterocycles. The number of aliphatic hydroxyl groups excluding tert-OH is 1. The number of carbonyl (C=O) groups is 2. The van der Waals surface area contributed by atoms with E-state index in [-0.39, 0.29) is 23.6 Å². The van der Waals surface area contributed by atoms with Crippen LogP contribution in [0.4, 0.5) is 4.79 Å². The highest BCUT2D eigenvalue weighted by Gasteiger charge is 2.29. The summed E-state index contributed by atoms with van der Waals surface area (Å²) >= 11 is 1.39.